The fraction of sp³-hybridized carbons (Fsp3) is 0.556. The smallest absolute Gasteiger partial charge is 0.330 e. The molecule has 0 aromatic carbocycles. The van der Waals surface area contributed by atoms with Crippen LogP contribution in [0.5, 0.6) is 0 Å². The molecular weight excluding hydrogens is 223 g/mol. The zero-order chi connectivity index (χ0) is 12.3. The quantitative estimate of drug-likeness (QED) is 0.820. The first-order chi connectivity index (χ1) is 7.36. The van der Waals surface area contributed by atoms with E-state index in [1.807, 2.05) is 0 Å². The van der Waals surface area contributed by atoms with Gasteiger partial charge in [0, 0.05) is 5.56 Å². The van der Waals surface area contributed by atoms with Gasteiger partial charge in [-0.1, -0.05) is 0 Å². The van der Waals surface area contributed by atoms with Crippen LogP contribution in [0.3, 0.4) is 0 Å². The Labute approximate surface area is 89.7 Å². The maximum Gasteiger partial charge on any atom is 0.433 e. The van der Waals surface area contributed by atoms with Crippen molar-refractivity contribution in [3.63, 3.8) is 0 Å². The monoisotopic (exact) mass is 235 g/mol. The summed E-state index contributed by atoms with van der Waals surface area (Å²) in [5.74, 6) is -0.0474. The van der Waals surface area contributed by atoms with Gasteiger partial charge in [0.1, 0.15) is 5.82 Å². The highest BCUT2D eigenvalue weighted by atomic mass is 19.4. The van der Waals surface area contributed by atoms with Gasteiger partial charge < -0.3 is 10.7 Å². The molecule has 0 fully saturated rings. The minimum Gasteiger partial charge on any atom is -0.330 e. The Morgan fingerprint density at radius 1 is 1.44 bits per heavy atom. The van der Waals surface area contributed by atoms with Crippen molar-refractivity contribution >= 4 is 0 Å². The summed E-state index contributed by atoms with van der Waals surface area (Å²) >= 11 is 0. The second-order valence-corrected chi connectivity index (χ2v) is 3.37. The van der Waals surface area contributed by atoms with Crippen molar-refractivity contribution in [3.05, 3.63) is 27.4 Å². The van der Waals surface area contributed by atoms with Gasteiger partial charge in [-0.15, -0.1) is 0 Å². The molecule has 16 heavy (non-hydrogen) atoms. The van der Waals surface area contributed by atoms with Crippen molar-refractivity contribution in [1.29, 1.82) is 0 Å². The van der Waals surface area contributed by atoms with Gasteiger partial charge >= 0.3 is 6.18 Å². The normalized spacial score (nSPS) is 11.8. The van der Waals surface area contributed by atoms with Crippen LogP contribution in [0.25, 0.3) is 0 Å². The summed E-state index contributed by atoms with van der Waals surface area (Å²) in [5, 5.41) is 0. The number of halogens is 3. The predicted molar refractivity (Wildman–Crippen MR) is 52.0 cm³/mol. The lowest BCUT2D eigenvalue weighted by Crippen LogP contribution is -2.24. The highest BCUT2D eigenvalue weighted by Gasteiger charge is 2.36. The van der Waals surface area contributed by atoms with Crippen molar-refractivity contribution in [2.24, 2.45) is 5.73 Å². The van der Waals surface area contributed by atoms with Gasteiger partial charge in [0.15, 0.2) is 5.69 Å². The number of aryl methyl sites for hydroxylation is 1. The molecule has 0 amide bonds. The van der Waals surface area contributed by atoms with E-state index in [9.17, 15) is 18.0 Å². The highest BCUT2D eigenvalue weighted by Crippen LogP contribution is 2.29. The summed E-state index contributed by atoms with van der Waals surface area (Å²) < 4.78 is 37.8. The number of aromatic nitrogens is 2. The summed E-state index contributed by atoms with van der Waals surface area (Å²) in [6, 6.07) is 0. The standard InChI is InChI=1S/C9H12F3N3O/c1-5-14-7(9(10,11)12)6(3-2-4-13)8(16)15-5/h2-4,13H2,1H3,(H,14,15,16). The molecule has 0 atom stereocenters. The van der Waals surface area contributed by atoms with E-state index in [0.29, 0.717) is 6.42 Å². The first-order valence-corrected chi connectivity index (χ1v) is 4.73. The number of hydrogen-bond acceptors (Lipinski definition) is 3. The Kier molecular flexibility index (Phi) is 3.69. The lowest BCUT2D eigenvalue weighted by molar-refractivity contribution is -0.142. The van der Waals surface area contributed by atoms with E-state index in [1.54, 1.807) is 0 Å². The molecule has 0 spiro atoms. The molecular formula is C9H12F3N3O. The van der Waals surface area contributed by atoms with Gasteiger partial charge in [-0.25, -0.2) is 4.98 Å². The van der Waals surface area contributed by atoms with Gasteiger partial charge in [-0.3, -0.25) is 4.79 Å². The predicted octanol–water partition coefficient (Wildman–Crippen LogP) is 0.988. The third-order valence-corrected chi connectivity index (χ3v) is 2.03. The Hall–Kier alpha value is -1.37. The Balaban J connectivity index is 3.27. The lowest BCUT2D eigenvalue weighted by atomic mass is 10.1. The van der Waals surface area contributed by atoms with Gasteiger partial charge in [-0.2, -0.15) is 13.2 Å². The molecule has 1 aromatic heterocycles. The zero-order valence-electron chi connectivity index (χ0n) is 8.69. The number of nitrogens with two attached hydrogens (primary N) is 1. The number of alkyl halides is 3. The fourth-order valence-electron chi connectivity index (χ4n) is 1.36. The summed E-state index contributed by atoms with van der Waals surface area (Å²) in [6.07, 6.45) is -4.31. The van der Waals surface area contributed by atoms with Crippen LogP contribution in [0, 0.1) is 6.92 Å². The topological polar surface area (TPSA) is 71.8 Å². The minimum absolute atomic E-state index is 0.0199. The number of H-pyrrole nitrogens is 1. The van der Waals surface area contributed by atoms with Crippen molar-refractivity contribution in [2.45, 2.75) is 25.9 Å². The average molecular weight is 235 g/mol. The van der Waals surface area contributed by atoms with E-state index in [-0.39, 0.29) is 24.4 Å². The molecule has 0 saturated heterocycles. The van der Waals surface area contributed by atoms with Crippen LogP contribution in [0.2, 0.25) is 0 Å². The lowest BCUT2D eigenvalue weighted by Gasteiger charge is -2.11. The number of rotatable bonds is 3. The first-order valence-electron chi connectivity index (χ1n) is 4.73. The van der Waals surface area contributed by atoms with Crippen LogP contribution in [0.15, 0.2) is 4.79 Å². The molecule has 1 aromatic rings. The van der Waals surface area contributed by atoms with Crippen LogP contribution < -0.4 is 11.3 Å². The summed E-state index contributed by atoms with van der Waals surface area (Å²) in [4.78, 5) is 17.0. The van der Waals surface area contributed by atoms with Crippen molar-refractivity contribution in [1.82, 2.24) is 9.97 Å². The highest BCUT2D eigenvalue weighted by molar-refractivity contribution is 5.20. The van der Waals surface area contributed by atoms with Crippen molar-refractivity contribution in [2.75, 3.05) is 6.54 Å². The van der Waals surface area contributed by atoms with Gasteiger partial charge in [0.2, 0.25) is 0 Å². The van der Waals surface area contributed by atoms with E-state index in [0.717, 1.165) is 0 Å². The average Bonchev–Trinajstić information content (AvgIpc) is 2.14. The maximum absolute atomic E-state index is 12.6. The Morgan fingerprint density at radius 3 is 2.56 bits per heavy atom. The zero-order valence-corrected chi connectivity index (χ0v) is 8.69. The number of nitrogens with zero attached hydrogens (tertiary/aromatic N) is 1. The van der Waals surface area contributed by atoms with Crippen LogP contribution in [0.4, 0.5) is 13.2 Å². The number of nitrogens with one attached hydrogen (secondary N) is 1. The van der Waals surface area contributed by atoms with Gasteiger partial charge in [0.25, 0.3) is 5.56 Å². The maximum atomic E-state index is 12.6. The molecule has 90 valence electrons. The van der Waals surface area contributed by atoms with Crippen LogP contribution in [-0.2, 0) is 12.6 Å². The fourth-order valence-corrected chi connectivity index (χ4v) is 1.36. The molecule has 1 rings (SSSR count). The van der Waals surface area contributed by atoms with Crippen LogP contribution in [-0.4, -0.2) is 16.5 Å². The largest absolute Gasteiger partial charge is 0.433 e. The Morgan fingerprint density at radius 2 is 2.06 bits per heavy atom. The molecule has 0 aliphatic rings. The Bertz CT molecular complexity index is 425. The first kappa shape index (κ1) is 12.7. The molecule has 0 unspecified atom stereocenters. The van der Waals surface area contributed by atoms with E-state index in [1.165, 1.54) is 6.92 Å². The summed E-state index contributed by atoms with van der Waals surface area (Å²) in [6.45, 7) is 1.54. The van der Waals surface area contributed by atoms with Crippen molar-refractivity contribution in [3.8, 4) is 0 Å². The van der Waals surface area contributed by atoms with Crippen LogP contribution >= 0.6 is 0 Å². The molecule has 4 nitrogen and oxygen atoms in total. The van der Waals surface area contributed by atoms with E-state index >= 15 is 0 Å². The minimum atomic E-state index is -4.61. The molecule has 0 saturated carbocycles. The molecule has 7 heteroatoms. The second kappa shape index (κ2) is 4.65. The number of hydrogen-bond donors (Lipinski definition) is 2. The SMILES string of the molecule is Cc1nc(C(F)(F)F)c(CCCN)c(=O)[nH]1. The van der Waals surface area contributed by atoms with Crippen LogP contribution in [0.1, 0.15) is 23.5 Å². The van der Waals surface area contributed by atoms with Crippen molar-refractivity contribution < 1.29 is 13.2 Å². The van der Waals surface area contributed by atoms with Gasteiger partial charge in [-0.05, 0) is 26.3 Å². The molecule has 3 N–H and O–H groups in total. The number of aromatic amines is 1. The van der Waals surface area contributed by atoms with E-state index in [2.05, 4.69) is 9.97 Å². The molecule has 0 radical (unpaired) electrons. The molecule has 0 aliphatic heterocycles. The van der Waals surface area contributed by atoms with E-state index in [4.69, 9.17) is 5.73 Å². The second-order valence-electron chi connectivity index (χ2n) is 3.37. The molecule has 0 bridgehead atoms. The summed E-state index contributed by atoms with van der Waals surface area (Å²) in [5.41, 5.74) is 3.01. The third kappa shape index (κ3) is 2.82. The summed E-state index contributed by atoms with van der Waals surface area (Å²) in [7, 11) is 0. The van der Waals surface area contributed by atoms with E-state index < -0.39 is 17.4 Å². The molecule has 1 heterocycles. The molecule has 0 aliphatic carbocycles. The van der Waals surface area contributed by atoms with Gasteiger partial charge in [0.05, 0.1) is 0 Å². The third-order valence-electron chi connectivity index (χ3n) is 2.03.